The molecule has 0 aliphatic carbocycles. The highest BCUT2D eigenvalue weighted by atomic mass is 16.5. The largest absolute Gasteiger partial charge is 0.394 e. The first-order valence-corrected chi connectivity index (χ1v) is 5.99. The number of hydrogen-bond acceptors (Lipinski definition) is 4. The molecular weight excluding hydrogens is 206 g/mol. The van der Waals surface area contributed by atoms with Crippen molar-refractivity contribution >= 4 is 0 Å². The number of hydrogen-bond donors (Lipinski definition) is 2. The van der Waals surface area contributed by atoms with Crippen molar-refractivity contribution in [3.63, 3.8) is 0 Å². The summed E-state index contributed by atoms with van der Waals surface area (Å²) in [6, 6.07) is 0. The van der Waals surface area contributed by atoms with E-state index in [0.717, 1.165) is 13.0 Å². The summed E-state index contributed by atoms with van der Waals surface area (Å²) in [5.41, 5.74) is -0.237. The van der Waals surface area contributed by atoms with Crippen LogP contribution in [0.3, 0.4) is 0 Å². The normalized spacial score (nSPS) is 15.4. The van der Waals surface area contributed by atoms with E-state index in [9.17, 15) is 0 Å². The van der Waals surface area contributed by atoms with Gasteiger partial charge in [-0.05, 0) is 26.3 Å². The molecule has 16 heavy (non-hydrogen) atoms. The molecule has 0 radical (unpaired) electrons. The Hall–Kier alpha value is -0.160. The molecule has 0 heterocycles. The molecular formula is C12H27NO3. The number of aliphatic hydroxyl groups excluding tert-OH is 1. The lowest BCUT2D eigenvalue weighted by atomic mass is 10.0. The van der Waals surface area contributed by atoms with E-state index in [1.54, 1.807) is 0 Å². The van der Waals surface area contributed by atoms with Crippen molar-refractivity contribution in [1.82, 2.24) is 5.32 Å². The van der Waals surface area contributed by atoms with Crippen LogP contribution >= 0.6 is 0 Å². The number of ether oxygens (including phenoxy) is 2. The molecule has 0 aliphatic rings. The van der Waals surface area contributed by atoms with Crippen molar-refractivity contribution in [2.45, 2.75) is 32.7 Å². The maximum absolute atomic E-state index is 9.14. The molecule has 0 fully saturated rings. The lowest BCUT2D eigenvalue weighted by Crippen LogP contribution is -2.44. The van der Waals surface area contributed by atoms with E-state index in [0.29, 0.717) is 25.7 Å². The Balaban J connectivity index is 3.33. The van der Waals surface area contributed by atoms with Gasteiger partial charge in [0.15, 0.2) is 0 Å². The van der Waals surface area contributed by atoms with E-state index in [1.807, 2.05) is 14.0 Å². The van der Waals surface area contributed by atoms with Crippen LogP contribution in [0.4, 0.5) is 0 Å². The maximum Gasteiger partial charge on any atom is 0.0700 e. The molecule has 0 spiro atoms. The Labute approximate surface area is 99.3 Å². The zero-order chi connectivity index (χ0) is 12.4. The van der Waals surface area contributed by atoms with Gasteiger partial charge in [-0.1, -0.05) is 13.8 Å². The number of rotatable bonds is 10. The SMILES string of the molecule is CNC(C)(CO)CCOCCOCC(C)C. The highest BCUT2D eigenvalue weighted by Crippen LogP contribution is 2.07. The third kappa shape index (κ3) is 8.05. The van der Waals surface area contributed by atoms with E-state index in [1.165, 1.54) is 0 Å². The van der Waals surface area contributed by atoms with E-state index >= 15 is 0 Å². The first-order chi connectivity index (χ1) is 7.54. The topological polar surface area (TPSA) is 50.7 Å². The molecule has 0 rings (SSSR count). The van der Waals surface area contributed by atoms with Gasteiger partial charge in [0.25, 0.3) is 0 Å². The minimum atomic E-state index is -0.237. The summed E-state index contributed by atoms with van der Waals surface area (Å²) >= 11 is 0. The monoisotopic (exact) mass is 233 g/mol. The molecule has 0 aliphatic heterocycles. The zero-order valence-electron chi connectivity index (χ0n) is 11.1. The third-order valence-corrected chi connectivity index (χ3v) is 2.57. The van der Waals surface area contributed by atoms with Gasteiger partial charge < -0.3 is 19.9 Å². The fourth-order valence-corrected chi connectivity index (χ4v) is 1.12. The summed E-state index contributed by atoms with van der Waals surface area (Å²) in [6.45, 7) is 9.05. The number of nitrogens with one attached hydrogen (secondary N) is 1. The van der Waals surface area contributed by atoms with Crippen molar-refractivity contribution in [2.75, 3.05) is 40.1 Å². The van der Waals surface area contributed by atoms with Crippen LogP contribution in [0.2, 0.25) is 0 Å². The second-order valence-electron chi connectivity index (χ2n) is 4.80. The zero-order valence-corrected chi connectivity index (χ0v) is 11.1. The molecule has 0 aromatic rings. The van der Waals surface area contributed by atoms with E-state index in [-0.39, 0.29) is 12.1 Å². The van der Waals surface area contributed by atoms with Crippen molar-refractivity contribution < 1.29 is 14.6 Å². The molecule has 4 heteroatoms. The minimum absolute atomic E-state index is 0.122. The highest BCUT2D eigenvalue weighted by molar-refractivity contribution is 4.79. The Bertz CT molecular complexity index is 158. The summed E-state index contributed by atoms with van der Waals surface area (Å²) < 4.78 is 10.8. The van der Waals surface area contributed by atoms with Gasteiger partial charge in [-0.3, -0.25) is 0 Å². The molecule has 0 saturated carbocycles. The summed E-state index contributed by atoms with van der Waals surface area (Å²) in [7, 11) is 1.85. The quantitative estimate of drug-likeness (QED) is 0.554. The van der Waals surface area contributed by atoms with Crippen LogP contribution < -0.4 is 5.32 Å². The van der Waals surface area contributed by atoms with Crippen LogP contribution in [0.15, 0.2) is 0 Å². The maximum atomic E-state index is 9.14. The average Bonchev–Trinajstić information content (AvgIpc) is 2.27. The summed E-state index contributed by atoms with van der Waals surface area (Å²) in [6.07, 6.45) is 0.796. The van der Waals surface area contributed by atoms with Gasteiger partial charge in [-0.15, -0.1) is 0 Å². The van der Waals surface area contributed by atoms with Gasteiger partial charge in [0, 0.05) is 18.8 Å². The molecule has 0 bridgehead atoms. The summed E-state index contributed by atoms with van der Waals surface area (Å²) in [4.78, 5) is 0. The first kappa shape index (κ1) is 15.8. The second-order valence-corrected chi connectivity index (χ2v) is 4.80. The Morgan fingerprint density at radius 1 is 1.19 bits per heavy atom. The van der Waals surface area contributed by atoms with Crippen LogP contribution in [0, 0.1) is 5.92 Å². The third-order valence-electron chi connectivity index (χ3n) is 2.57. The minimum Gasteiger partial charge on any atom is -0.394 e. The number of likely N-dealkylation sites (N-methyl/N-ethyl adjacent to an activating group) is 1. The Morgan fingerprint density at radius 2 is 1.81 bits per heavy atom. The van der Waals surface area contributed by atoms with Crippen LogP contribution in [0.25, 0.3) is 0 Å². The molecule has 98 valence electrons. The molecule has 1 atom stereocenters. The van der Waals surface area contributed by atoms with Gasteiger partial charge in [0.05, 0.1) is 19.8 Å². The molecule has 0 saturated heterocycles. The Kier molecular flexibility index (Phi) is 8.84. The lowest BCUT2D eigenvalue weighted by Gasteiger charge is -2.26. The van der Waals surface area contributed by atoms with Crippen molar-refractivity contribution in [3.05, 3.63) is 0 Å². The average molecular weight is 233 g/mol. The van der Waals surface area contributed by atoms with Crippen LogP contribution in [0.5, 0.6) is 0 Å². The Morgan fingerprint density at radius 3 is 2.31 bits per heavy atom. The standard InChI is InChI=1S/C12H27NO3/c1-11(2)9-16-8-7-15-6-5-12(3,10-14)13-4/h11,13-14H,5-10H2,1-4H3. The lowest BCUT2D eigenvalue weighted by molar-refractivity contribution is 0.0274. The molecule has 1 unspecified atom stereocenters. The smallest absolute Gasteiger partial charge is 0.0700 e. The van der Waals surface area contributed by atoms with E-state index in [4.69, 9.17) is 14.6 Å². The molecule has 4 nitrogen and oxygen atoms in total. The van der Waals surface area contributed by atoms with Gasteiger partial charge in [-0.2, -0.15) is 0 Å². The van der Waals surface area contributed by atoms with Crippen molar-refractivity contribution in [2.24, 2.45) is 5.92 Å². The molecule has 0 aromatic heterocycles. The summed E-state index contributed by atoms with van der Waals surface area (Å²) in [5.74, 6) is 0.571. The molecule has 2 N–H and O–H groups in total. The van der Waals surface area contributed by atoms with Gasteiger partial charge in [-0.25, -0.2) is 0 Å². The van der Waals surface area contributed by atoms with E-state index < -0.39 is 0 Å². The van der Waals surface area contributed by atoms with E-state index in [2.05, 4.69) is 19.2 Å². The van der Waals surface area contributed by atoms with Crippen LogP contribution in [0.1, 0.15) is 27.2 Å². The fraction of sp³-hybridized carbons (Fsp3) is 1.00. The second kappa shape index (κ2) is 8.93. The van der Waals surface area contributed by atoms with Gasteiger partial charge >= 0.3 is 0 Å². The van der Waals surface area contributed by atoms with Gasteiger partial charge in [0.1, 0.15) is 0 Å². The molecule has 0 aromatic carbocycles. The van der Waals surface area contributed by atoms with Gasteiger partial charge in [0.2, 0.25) is 0 Å². The van der Waals surface area contributed by atoms with Crippen LogP contribution in [-0.4, -0.2) is 50.7 Å². The molecule has 0 amide bonds. The number of aliphatic hydroxyl groups is 1. The predicted molar refractivity (Wildman–Crippen MR) is 65.6 cm³/mol. The first-order valence-electron chi connectivity index (χ1n) is 5.99. The summed E-state index contributed by atoms with van der Waals surface area (Å²) in [5, 5.41) is 12.2. The predicted octanol–water partition coefficient (Wildman–Crippen LogP) is 1.04. The van der Waals surface area contributed by atoms with Crippen molar-refractivity contribution in [1.29, 1.82) is 0 Å². The van der Waals surface area contributed by atoms with Crippen molar-refractivity contribution in [3.8, 4) is 0 Å². The van der Waals surface area contributed by atoms with Crippen LogP contribution in [-0.2, 0) is 9.47 Å². The fourth-order valence-electron chi connectivity index (χ4n) is 1.12. The highest BCUT2D eigenvalue weighted by Gasteiger charge is 2.19.